The number of carbonyl (C=O) groups is 1. The molecule has 0 unspecified atom stereocenters. The molecule has 0 atom stereocenters. The molecular weight excluding hydrogens is 206 g/mol. The second kappa shape index (κ2) is 5.16. The Hall–Kier alpha value is -1.29. The Morgan fingerprint density at radius 3 is 2.75 bits per heavy atom. The molecule has 0 bridgehead atoms. The summed E-state index contributed by atoms with van der Waals surface area (Å²) in [6.45, 7) is 0.720. The summed E-state index contributed by atoms with van der Waals surface area (Å²) >= 11 is 0. The molecule has 1 aliphatic carbocycles. The van der Waals surface area contributed by atoms with Gasteiger partial charge in [-0.15, -0.1) is 0 Å². The van der Waals surface area contributed by atoms with Gasteiger partial charge in [0.2, 0.25) is 0 Å². The van der Waals surface area contributed by atoms with Gasteiger partial charge in [0.15, 0.2) is 5.76 Å². The molecular formula is C12H17NO3. The number of nitrogens with two attached hydrogens (primary N) is 1. The van der Waals surface area contributed by atoms with Crippen molar-refractivity contribution >= 4 is 5.97 Å². The second-order valence-corrected chi connectivity index (χ2v) is 4.39. The van der Waals surface area contributed by atoms with Crippen LogP contribution in [-0.2, 0) is 6.54 Å². The molecule has 1 aliphatic rings. The summed E-state index contributed by atoms with van der Waals surface area (Å²) in [4.78, 5) is 10.5. The van der Waals surface area contributed by atoms with Crippen molar-refractivity contribution in [3.8, 4) is 0 Å². The van der Waals surface area contributed by atoms with Crippen LogP contribution in [0.15, 0.2) is 16.5 Å². The zero-order valence-electron chi connectivity index (χ0n) is 9.28. The Kier molecular flexibility index (Phi) is 3.62. The van der Waals surface area contributed by atoms with Crippen molar-refractivity contribution in [2.24, 2.45) is 0 Å². The van der Waals surface area contributed by atoms with Crippen LogP contribution in [0.5, 0.6) is 0 Å². The Morgan fingerprint density at radius 1 is 1.38 bits per heavy atom. The first-order valence-electron chi connectivity index (χ1n) is 5.89. The minimum atomic E-state index is -1.25. The standard InChI is InChI=1S/C12H17NO3/c14-12(15)11-7-6-10(16-11)8-13-9-4-2-1-3-5-9/h6-7,9,13H,1-5,8H2,(H,14,15). The Labute approximate surface area is 94.6 Å². The highest BCUT2D eigenvalue weighted by Gasteiger charge is 2.16. The average molecular weight is 223 g/mol. The predicted octanol–water partition coefficient (Wildman–Crippen LogP) is 0.0392. The van der Waals surface area contributed by atoms with E-state index in [2.05, 4.69) is 5.32 Å². The number of quaternary nitrogens is 1. The third kappa shape index (κ3) is 2.85. The first-order valence-corrected chi connectivity index (χ1v) is 5.89. The van der Waals surface area contributed by atoms with Crippen LogP contribution in [0.25, 0.3) is 0 Å². The van der Waals surface area contributed by atoms with E-state index in [-0.39, 0.29) is 5.76 Å². The van der Waals surface area contributed by atoms with Crippen molar-refractivity contribution < 1.29 is 19.6 Å². The number of hydrogen-bond donors (Lipinski definition) is 1. The molecule has 1 heterocycles. The normalized spacial score (nSPS) is 17.5. The van der Waals surface area contributed by atoms with E-state index in [1.54, 1.807) is 6.07 Å². The number of rotatable bonds is 4. The lowest BCUT2D eigenvalue weighted by molar-refractivity contribution is -0.708. The van der Waals surface area contributed by atoms with Gasteiger partial charge in [-0.2, -0.15) is 0 Å². The molecule has 2 N–H and O–H groups in total. The minimum absolute atomic E-state index is 0.0768. The topological polar surface area (TPSA) is 69.9 Å². The molecule has 1 fully saturated rings. The molecule has 0 saturated heterocycles. The van der Waals surface area contributed by atoms with Gasteiger partial charge in [-0.1, -0.05) is 6.42 Å². The molecule has 0 aromatic carbocycles. The molecule has 1 aromatic rings. The number of carboxylic acid groups (broad SMARTS) is 1. The average Bonchev–Trinajstić information content (AvgIpc) is 2.76. The van der Waals surface area contributed by atoms with E-state index in [1.165, 1.54) is 38.2 Å². The summed E-state index contributed by atoms with van der Waals surface area (Å²) in [6.07, 6.45) is 6.48. The highest BCUT2D eigenvalue weighted by atomic mass is 16.4. The van der Waals surface area contributed by atoms with Gasteiger partial charge >= 0.3 is 0 Å². The highest BCUT2D eigenvalue weighted by molar-refractivity contribution is 5.82. The van der Waals surface area contributed by atoms with Gasteiger partial charge in [0.1, 0.15) is 18.3 Å². The summed E-state index contributed by atoms with van der Waals surface area (Å²) in [6, 6.07) is 3.84. The van der Waals surface area contributed by atoms with Crippen LogP contribution in [0.1, 0.15) is 48.4 Å². The van der Waals surface area contributed by atoms with Crippen LogP contribution >= 0.6 is 0 Å². The summed E-state index contributed by atoms with van der Waals surface area (Å²) in [5, 5.41) is 12.8. The van der Waals surface area contributed by atoms with Crippen molar-refractivity contribution in [3.05, 3.63) is 23.7 Å². The zero-order valence-corrected chi connectivity index (χ0v) is 9.28. The molecule has 0 amide bonds. The van der Waals surface area contributed by atoms with E-state index in [1.807, 2.05) is 0 Å². The number of carboxylic acids is 1. The van der Waals surface area contributed by atoms with Gasteiger partial charge in [-0.25, -0.2) is 0 Å². The summed E-state index contributed by atoms with van der Waals surface area (Å²) in [5.41, 5.74) is 0. The number of furan rings is 1. The van der Waals surface area contributed by atoms with E-state index < -0.39 is 5.97 Å². The molecule has 16 heavy (non-hydrogen) atoms. The van der Waals surface area contributed by atoms with Crippen molar-refractivity contribution in [3.63, 3.8) is 0 Å². The Balaban J connectivity index is 1.81. The molecule has 88 valence electrons. The van der Waals surface area contributed by atoms with Crippen molar-refractivity contribution in [1.82, 2.24) is 0 Å². The summed E-state index contributed by atoms with van der Waals surface area (Å²) in [5.74, 6) is -0.610. The number of hydrogen-bond acceptors (Lipinski definition) is 3. The molecule has 1 aromatic heterocycles. The lowest BCUT2D eigenvalue weighted by atomic mass is 9.95. The fourth-order valence-electron chi connectivity index (χ4n) is 2.25. The van der Waals surface area contributed by atoms with Gasteiger partial charge < -0.3 is 19.6 Å². The third-order valence-electron chi connectivity index (χ3n) is 3.17. The minimum Gasteiger partial charge on any atom is -0.542 e. The maximum Gasteiger partial charge on any atom is 0.158 e. The number of aromatic carboxylic acids is 1. The molecule has 4 heteroatoms. The maximum atomic E-state index is 10.5. The number of carbonyl (C=O) groups excluding carboxylic acids is 1. The van der Waals surface area contributed by atoms with Crippen LogP contribution in [0.2, 0.25) is 0 Å². The molecule has 2 rings (SSSR count). The Morgan fingerprint density at radius 2 is 2.12 bits per heavy atom. The van der Waals surface area contributed by atoms with Crippen LogP contribution in [0.3, 0.4) is 0 Å². The van der Waals surface area contributed by atoms with Crippen LogP contribution < -0.4 is 10.4 Å². The fourth-order valence-corrected chi connectivity index (χ4v) is 2.25. The van der Waals surface area contributed by atoms with Gasteiger partial charge in [0.25, 0.3) is 0 Å². The summed E-state index contributed by atoms with van der Waals surface area (Å²) < 4.78 is 5.14. The van der Waals surface area contributed by atoms with Crippen LogP contribution in [0.4, 0.5) is 0 Å². The van der Waals surface area contributed by atoms with E-state index >= 15 is 0 Å². The first kappa shape index (κ1) is 11.2. The SMILES string of the molecule is O=C([O-])c1ccc(C[NH2+]C2CCCCC2)o1. The van der Waals surface area contributed by atoms with E-state index in [9.17, 15) is 9.90 Å². The van der Waals surface area contributed by atoms with Crippen LogP contribution in [0, 0.1) is 0 Å². The Bertz CT molecular complexity index is 353. The van der Waals surface area contributed by atoms with Gasteiger partial charge in [-0.05, 0) is 37.8 Å². The molecule has 4 nitrogen and oxygen atoms in total. The third-order valence-corrected chi connectivity index (χ3v) is 3.17. The van der Waals surface area contributed by atoms with Gasteiger partial charge in [0.05, 0.1) is 6.04 Å². The molecule has 0 radical (unpaired) electrons. The van der Waals surface area contributed by atoms with Crippen molar-refractivity contribution in [2.45, 2.75) is 44.7 Å². The van der Waals surface area contributed by atoms with Gasteiger partial charge in [-0.3, -0.25) is 0 Å². The predicted molar refractivity (Wildman–Crippen MR) is 55.5 cm³/mol. The monoisotopic (exact) mass is 223 g/mol. The highest BCUT2D eigenvalue weighted by Crippen LogP contribution is 2.15. The first-order chi connectivity index (χ1) is 7.75. The van der Waals surface area contributed by atoms with E-state index in [0.29, 0.717) is 11.8 Å². The van der Waals surface area contributed by atoms with Crippen molar-refractivity contribution in [2.75, 3.05) is 0 Å². The smallest absolute Gasteiger partial charge is 0.158 e. The maximum absolute atomic E-state index is 10.5. The lowest BCUT2D eigenvalue weighted by Gasteiger charge is -2.19. The quantitative estimate of drug-likeness (QED) is 0.783. The largest absolute Gasteiger partial charge is 0.542 e. The molecule has 0 aliphatic heterocycles. The van der Waals surface area contributed by atoms with E-state index in [4.69, 9.17) is 4.42 Å². The fraction of sp³-hybridized carbons (Fsp3) is 0.583. The van der Waals surface area contributed by atoms with E-state index in [0.717, 1.165) is 6.54 Å². The van der Waals surface area contributed by atoms with Gasteiger partial charge in [0, 0.05) is 0 Å². The van der Waals surface area contributed by atoms with Crippen LogP contribution in [-0.4, -0.2) is 12.0 Å². The summed E-state index contributed by atoms with van der Waals surface area (Å²) in [7, 11) is 0. The lowest BCUT2D eigenvalue weighted by Crippen LogP contribution is -2.88. The molecule has 0 spiro atoms. The second-order valence-electron chi connectivity index (χ2n) is 4.39. The van der Waals surface area contributed by atoms with Crippen molar-refractivity contribution in [1.29, 1.82) is 0 Å². The molecule has 1 saturated carbocycles. The zero-order chi connectivity index (χ0) is 11.4.